The van der Waals surface area contributed by atoms with Gasteiger partial charge in [-0.05, 0) is 43.9 Å². The number of pyridine rings is 1. The zero-order valence-electron chi connectivity index (χ0n) is 14.6. The number of aromatic nitrogens is 1. The van der Waals surface area contributed by atoms with E-state index in [2.05, 4.69) is 4.98 Å². The molecule has 1 fully saturated rings. The van der Waals surface area contributed by atoms with Gasteiger partial charge in [-0.2, -0.15) is 9.57 Å². The first-order valence-corrected chi connectivity index (χ1v) is 10.00. The molecule has 0 bridgehead atoms. The molecule has 1 aromatic carbocycles. The zero-order chi connectivity index (χ0) is 18.6. The van der Waals surface area contributed by atoms with Crippen molar-refractivity contribution in [1.29, 1.82) is 5.26 Å². The molecule has 1 saturated heterocycles. The Balaban J connectivity index is 1.61. The molecule has 1 aromatic heterocycles. The van der Waals surface area contributed by atoms with Crippen LogP contribution in [0.3, 0.4) is 0 Å². The lowest BCUT2D eigenvalue weighted by atomic mass is 9.99. The molecule has 0 saturated carbocycles. The third-order valence-electron chi connectivity index (χ3n) is 4.62. The highest BCUT2D eigenvalue weighted by molar-refractivity contribution is 7.89. The van der Waals surface area contributed by atoms with Crippen molar-refractivity contribution >= 4 is 10.0 Å². The maximum absolute atomic E-state index is 12.8. The number of hydrogen-bond acceptors (Lipinski definition) is 5. The number of sulfonamides is 1. The van der Waals surface area contributed by atoms with E-state index >= 15 is 0 Å². The second-order valence-electron chi connectivity index (χ2n) is 6.39. The van der Waals surface area contributed by atoms with Crippen molar-refractivity contribution in [3.63, 3.8) is 0 Å². The van der Waals surface area contributed by atoms with E-state index in [-0.39, 0.29) is 16.4 Å². The summed E-state index contributed by atoms with van der Waals surface area (Å²) >= 11 is 0. The van der Waals surface area contributed by atoms with Crippen LogP contribution in [0.15, 0.2) is 47.5 Å². The van der Waals surface area contributed by atoms with E-state index in [0.717, 1.165) is 18.4 Å². The molecular weight excluding hydrogens is 350 g/mol. The Kier molecular flexibility index (Phi) is 5.55. The Morgan fingerprint density at radius 1 is 1.23 bits per heavy atom. The molecule has 0 spiro atoms. The van der Waals surface area contributed by atoms with Gasteiger partial charge in [0.05, 0.1) is 17.1 Å². The molecule has 136 valence electrons. The molecule has 26 heavy (non-hydrogen) atoms. The molecule has 0 amide bonds. The number of rotatable bonds is 5. The predicted molar refractivity (Wildman–Crippen MR) is 97.1 cm³/mol. The normalized spacial score (nSPS) is 16.2. The molecule has 2 aromatic rings. The van der Waals surface area contributed by atoms with Crippen molar-refractivity contribution < 1.29 is 13.2 Å². The summed E-state index contributed by atoms with van der Waals surface area (Å²) in [6, 6.07) is 12.1. The largest absolute Gasteiger partial charge is 0.477 e. The second-order valence-corrected chi connectivity index (χ2v) is 8.30. The lowest BCUT2D eigenvalue weighted by molar-refractivity contribution is 0.180. The lowest BCUT2D eigenvalue weighted by Crippen LogP contribution is -2.39. The van der Waals surface area contributed by atoms with Crippen LogP contribution in [0.25, 0.3) is 0 Å². The average molecular weight is 371 g/mol. The fourth-order valence-corrected chi connectivity index (χ4v) is 4.67. The van der Waals surface area contributed by atoms with Gasteiger partial charge in [-0.15, -0.1) is 0 Å². The minimum absolute atomic E-state index is 0.0845. The highest BCUT2D eigenvalue weighted by atomic mass is 32.2. The van der Waals surface area contributed by atoms with Crippen LogP contribution in [0, 0.1) is 24.2 Å². The van der Waals surface area contributed by atoms with Gasteiger partial charge in [0.2, 0.25) is 15.9 Å². The van der Waals surface area contributed by atoms with Gasteiger partial charge in [-0.25, -0.2) is 13.4 Å². The average Bonchev–Trinajstić information content (AvgIpc) is 2.67. The van der Waals surface area contributed by atoms with Crippen molar-refractivity contribution in [3.8, 4) is 11.9 Å². The highest BCUT2D eigenvalue weighted by Crippen LogP contribution is 2.26. The minimum Gasteiger partial charge on any atom is -0.477 e. The second kappa shape index (κ2) is 7.85. The molecule has 2 heterocycles. The first-order valence-electron chi connectivity index (χ1n) is 8.56. The molecule has 0 radical (unpaired) electrons. The standard InChI is InChI=1S/C19H21N3O3S/c1-15-5-4-10-21-19(15)25-14-16-8-11-22(12-9-16)26(23,24)18-7-3-2-6-17(18)13-20/h2-7,10,16H,8-9,11-12,14H2,1H3. The Labute approximate surface area is 154 Å². The molecule has 0 atom stereocenters. The molecule has 6 nitrogen and oxygen atoms in total. The van der Waals surface area contributed by atoms with Crippen LogP contribution in [0.2, 0.25) is 0 Å². The van der Waals surface area contributed by atoms with Gasteiger partial charge in [-0.1, -0.05) is 18.2 Å². The Hall–Kier alpha value is -2.43. The van der Waals surface area contributed by atoms with E-state index in [1.807, 2.05) is 25.1 Å². The molecule has 1 aliphatic rings. The van der Waals surface area contributed by atoms with Crippen molar-refractivity contribution in [2.45, 2.75) is 24.7 Å². The molecule has 0 unspecified atom stereocenters. The topological polar surface area (TPSA) is 83.3 Å². The number of piperidine rings is 1. The summed E-state index contributed by atoms with van der Waals surface area (Å²) in [6.45, 7) is 3.33. The quantitative estimate of drug-likeness (QED) is 0.807. The van der Waals surface area contributed by atoms with Gasteiger partial charge in [-0.3, -0.25) is 0 Å². The maximum Gasteiger partial charge on any atom is 0.244 e. The van der Waals surface area contributed by atoms with Gasteiger partial charge < -0.3 is 4.74 Å². The van der Waals surface area contributed by atoms with Gasteiger partial charge in [0.1, 0.15) is 6.07 Å². The summed E-state index contributed by atoms with van der Waals surface area (Å²) in [5.41, 5.74) is 1.17. The number of hydrogen-bond donors (Lipinski definition) is 0. The van der Waals surface area contributed by atoms with Gasteiger partial charge >= 0.3 is 0 Å². The fourth-order valence-electron chi connectivity index (χ4n) is 3.06. The van der Waals surface area contributed by atoms with Crippen LogP contribution in [-0.2, 0) is 10.0 Å². The third-order valence-corrected chi connectivity index (χ3v) is 6.57. The van der Waals surface area contributed by atoms with E-state index in [1.54, 1.807) is 18.3 Å². The number of nitriles is 1. The van der Waals surface area contributed by atoms with E-state index in [1.165, 1.54) is 16.4 Å². The van der Waals surface area contributed by atoms with Crippen LogP contribution in [-0.4, -0.2) is 37.4 Å². The molecule has 0 N–H and O–H groups in total. The van der Waals surface area contributed by atoms with Crippen molar-refractivity contribution in [1.82, 2.24) is 9.29 Å². The summed E-state index contributed by atoms with van der Waals surface area (Å²) in [6.07, 6.45) is 3.14. The van der Waals surface area contributed by atoms with E-state index in [4.69, 9.17) is 10.00 Å². The summed E-state index contributed by atoms with van der Waals surface area (Å²) < 4.78 is 32.9. The SMILES string of the molecule is Cc1cccnc1OCC1CCN(S(=O)(=O)c2ccccc2C#N)CC1. The van der Waals surface area contributed by atoms with Crippen LogP contribution in [0.1, 0.15) is 24.0 Å². The third kappa shape index (κ3) is 3.87. The van der Waals surface area contributed by atoms with Crippen LogP contribution in [0.4, 0.5) is 0 Å². The predicted octanol–water partition coefficient (Wildman–Crippen LogP) is 2.74. The summed E-state index contributed by atoms with van der Waals surface area (Å²) in [5.74, 6) is 0.916. The Morgan fingerprint density at radius 2 is 1.96 bits per heavy atom. The summed E-state index contributed by atoms with van der Waals surface area (Å²) in [5, 5.41) is 9.17. The lowest BCUT2D eigenvalue weighted by Gasteiger charge is -2.31. The molecule has 0 aliphatic carbocycles. The molecule has 3 rings (SSSR count). The maximum atomic E-state index is 12.8. The number of nitrogens with zero attached hydrogens (tertiary/aromatic N) is 3. The van der Waals surface area contributed by atoms with E-state index in [0.29, 0.717) is 25.6 Å². The Bertz CT molecular complexity index is 914. The first-order chi connectivity index (χ1) is 12.5. The first kappa shape index (κ1) is 18.4. The monoisotopic (exact) mass is 371 g/mol. The van der Waals surface area contributed by atoms with Gasteiger partial charge in [0.15, 0.2) is 0 Å². The summed E-state index contributed by atoms with van der Waals surface area (Å²) in [7, 11) is -3.64. The number of ether oxygens (including phenoxy) is 1. The van der Waals surface area contributed by atoms with Crippen molar-refractivity contribution in [2.75, 3.05) is 19.7 Å². The molecule has 7 heteroatoms. The minimum atomic E-state index is -3.64. The fraction of sp³-hybridized carbons (Fsp3) is 0.368. The van der Waals surface area contributed by atoms with Crippen molar-refractivity contribution in [2.24, 2.45) is 5.92 Å². The van der Waals surface area contributed by atoms with Crippen molar-refractivity contribution in [3.05, 3.63) is 53.7 Å². The number of aryl methyl sites for hydroxylation is 1. The Morgan fingerprint density at radius 3 is 2.65 bits per heavy atom. The highest BCUT2D eigenvalue weighted by Gasteiger charge is 2.31. The van der Waals surface area contributed by atoms with Gasteiger partial charge in [0.25, 0.3) is 0 Å². The number of benzene rings is 1. The van der Waals surface area contributed by atoms with Crippen LogP contribution < -0.4 is 4.74 Å². The summed E-state index contributed by atoms with van der Waals surface area (Å²) in [4.78, 5) is 4.30. The van der Waals surface area contributed by atoms with E-state index in [9.17, 15) is 8.42 Å². The van der Waals surface area contributed by atoms with Gasteiger partial charge in [0, 0.05) is 24.8 Å². The molecule has 1 aliphatic heterocycles. The zero-order valence-corrected chi connectivity index (χ0v) is 15.4. The van der Waals surface area contributed by atoms with Crippen LogP contribution >= 0.6 is 0 Å². The van der Waals surface area contributed by atoms with Crippen LogP contribution in [0.5, 0.6) is 5.88 Å². The smallest absolute Gasteiger partial charge is 0.244 e. The molecular formula is C19H21N3O3S. The van der Waals surface area contributed by atoms with E-state index < -0.39 is 10.0 Å².